The fraction of sp³-hybridized carbons (Fsp3) is 0.474. The number of hydrogen-bond acceptors (Lipinski definition) is 4. The van der Waals surface area contributed by atoms with E-state index in [2.05, 4.69) is 34.5 Å². The van der Waals surface area contributed by atoms with Crippen molar-refractivity contribution in [3.8, 4) is 5.75 Å². The lowest BCUT2D eigenvalue weighted by molar-refractivity contribution is 0.230. The van der Waals surface area contributed by atoms with E-state index in [9.17, 15) is 0 Å². The first kappa shape index (κ1) is 19.2. The van der Waals surface area contributed by atoms with Gasteiger partial charge in [-0.1, -0.05) is 25.1 Å². The van der Waals surface area contributed by atoms with Crippen LogP contribution in [0.3, 0.4) is 0 Å². The molecule has 0 radical (unpaired) electrons. The van der Waals surface area contributed by atoms with Crippen molar-refractivity contribution in [3.05, 3.63) is 46.4 Å². The maximum absolute atomic E-state index is 5.86. The summed E-state index contributed by atoms with van der Waals surface area (Å²) < 4.78 is 5.86. The SMILES string of the molecule is CCNC(=NCC(C)Oc1ccccc1)NCCc1ncc(CC)s1. The Morgan fingerprint density at radius 2 is 2.04 bits per heavy atom. The van der Waals surface area contributed by atoms with Crippen LogP contribution in [0.5, 0.6) is 5.75 Å². The molecule has 0 bridgehead atoms. The molecule has 1 aromatic carbocycles. The van der Waals surface area contributed by atoms with Gasteiger partial charge in [0.1, 0.15) is 11.9 Å². The average Bonchev–Trinajstić information content (AvgIpc) is 3.08. The summed E-state index contributed by atoms with van der Waals surface area (Å²) >= 11 is 1.79. The Morgan fingerprint density at radius 1 is 1.24 bits per heavy atom. The Morgan fingerprint density at radius 3 is 2.72 bits per heavy atom. The number of nitrogens with zero attached hydrogens (tertiary/aromatic N) is 2. The molecular formula is C19H28N4OS. The lowest BCUT2D eigenvalue weighted by Crippen LogP contribution is -2.39. The maximum atomic E-state index is 5.86. The van der Waals surface area contributed by atoms with Gasteiger partial charge in [-0.15, -0.1) is 11.3 Å². The predicted molar refractivity (Wildman–Crippen MR) is 106 cm³/mol. The van der Waals surface area contributed by atoms with Gasteiger partial charge in [0.2, 0.25) is 0 Å². The van der Waals surface area contributed by atoms with Gasteiger partial charge in [0.05, 0.1) is 11.6 Å². The van der Waals surface area contributed by atoms with Crippen molar-refractivity contribution < 1.29 is 4.74 Å². The molecule has 2 N–H and O–H groups in total. The van der Waals surface area contributed by atoms with Crippen LogP contribution in [-0.4, -0.2) is 36.7 Å². The van der Waals surface area contributed by atoms with E-state index in [1.807, 2.05) is 43.5 Å². The molecule has 25 heavy (non-hydrogen) atoms. The first-order valence-electron chi connectivity index (χ1n) is 8.88. The standard InChI is InChI=1S/C19H28N4OS/c1-4-17-14-22-18(25-17)11-12-21-19(20-5-2)23-13-15(3)24-16-9-7-6-8-10-16/h6-10,14-15H,4-5,11-13H2,1-3H3,(H2,20,21,23). The molecule has 0 aliphatic heterocycles. The van der Waals surface area contributed by atoms with Crippen LogP contribution in [0.15, 0.2) is 41.5 Å². The number of guanidine groups is 1. The zero-order chi connectivity index (χ0) is 17.9. The zero-order valence-corrected chi connectivity index (χ0v) is 16.1. The van der Waals surface area contributed by atoms with Crippen molar-refractivity contribution in [3.63, 3.8) is 0 Å². The van der Waals surface area contributed by atoms with Crippen LogP contribution < -0.4 is 15.4 Å². The van der Waals surface area contributed by atoms with Crippen LogP contribution in [0.25, 0.3) is 0 Å². The monoisotopic (exact) mass is 360 g/mol. The summed E-state index contributed by atoms with van der Waals surface area (Å²) in [6.07, 6.45) is 3.95. The molecule has 1 aromatic heterocycles. The lowest BCUT2D eigenvalue weighted by atomic mass is 10.3. The van der Waals surface area contributed by atoms with Crippen LogP contribution in [-0.2, 0) is 12.8 Å². The van der Waals surface area contributed by atoms with Gasteiger partial charge in [-0.25, -0.2) is 9.98 Å². The van der Waals surface area contributed by atoms with E-state index in [1.54, 1.807) is 11.3 Å². The van der Waals surface area contributed by atoms with Gasteiger partial charge >= 0.3 is 0 Å². The van der Waals surface area contributed by atoms with E-state index in [0.29, 0.717) is 6.54 Å². The summed E-state index contributed by atoms with van der Waals surface area (Å²) in [5.41, 5.74) is 0. The van der Waals surface area contributed by atoms with Crippen LogP contribution in [0.1, 0.15) is 30.7 Å². The van der Waals surface area contributed by atoms with Crippen molar-refractivity contribution in [2.24, 2.45) is 4.99 Å². The molecule has 1 unspecified atom stereocenters. The molecule has 0 fully saturated rings. The summed E-state index contributed by atoms with van der Waals surface area (Å²) in [5, 5.41) is 7.80. The average molecular weight is 361 g/mol. The number of aliphatic imine (C=N–C) groups is 1. The molecule has 0 aliphatic carbocycles. The number of aryl methyl sites for hydroxylation is 1. The van der Waals surface area contributed by atoms with Gasteiger partial charge in [0.15, 0.2) is 5.96 Å². The minimum absolute atomic E-state index is 0.0175. The van der Waals surface area contributed by atoms with Gasteiger partial charge in [0.25, 0.3) is 0 Å². The molecular weight excluding hydrogens is 332 g/mol. The highest BCUT2D eigenvalue weighted by Gasteiger charge is 2.05. The largest absolute Gasteiger partial charge is 0.489 e. The maximum Gasteiger partial charge on any atom is 0.191 e. The van der Waals surface area contributed by atoms with E-state index < -0.39 is 0 Å². The second-order valence-corrected chi connectivity index (χ2v) is 6.91. The second-order valence-electron chi connectivity index (χ2n) is 5.71. The van der Waals surface area contributed by atoms with Crippen molar-refractivity contribution in [1.29, 1.82) is 0 Å². The molecule has 2 aromatic rings. The highest BCUT2D eigenvalue weighted by Crippen LogP contribution is 2.13. The summed E-state index contributed by atoms with van der Waals surface area (Å²) in [6, 6.07) is 9.85. The van der Waals surface area contributed by atoms with E-state index in [1.165, 1.54) is 9.88 Å². The molecule has 6 heteroatoms. The summed E-state index contributed by atoms with van der Waals surface area (Å²) in [6.45, 7) is 8.50. The third-order valence-electron chi connectivity index (χ3n) is 3.51. The first-order valence-corrected chi connectivity index (χ1v) is 9.70. The molecule has 136 valence electrons. The molecule has 0 saturated carbocycles. The Hall–Kier alpha value is -2.08. The van der Waals surface area contributed by atoms with Gasteiger partial charge in [0, 0.05) is 30.6 Å². The van der Waals surface area contributed by atoms with Crippen LogP contribution in [0, 0.1) is 0 Å². The number of ether oxygens (including phenoxy) is 1. The Balaban J connectivity index is 1.78. The van der Waals surface area contributed by atoms with Gasteiger partial charge in [-0.3, -0.25) is 0 Å². The normalized spacial score (nSPS) is 12.7. The molecule has 2 rings (SSSR count). The third kappa shape index (κ3) is 7.13. The highest BCUT2D eigenvalue weighted by atomic mass is 32.1. The molecule has 1 heterocycles. The van der Waals surface area contributed by atoms with Crippen molar-refractivity contribution in [2.45, 2.75) is 39.7 Å². The van der Waals surface area contributed by atoms with Crippen molar-refractivity contribution in [1.82, 2.24) is 15.6 Å². The van der Waals surface area contributed by atoms with Gasteiger partial charge < -0.3 is 15.4 Å². The second kappa shape index (κ2) is 10.7. The minimum atomic E-state index is 0.0175. The molecule has 5 nitrogen and oxygen atoms in total. The van der Waals surface area contributed by atoms with E-state index >= 15 is 0 Å². The van der Waals surface area contributed by atoms with Gasteiger partial charge in [-0.2, -0.15) is 0 Å². The lowest BCUT2D eigenvalue weighted by Gasteiger charge is -2.15. The number of para-hydroxylation sites is 1. The number of rotatable bonds is 9. The Labute approximate surface area is 154 Å². The highest BCUT2D eigenvalue weighted by molar-refractivity contribution is 7.11. The third-order valence-corrected chi connectivity index (χ3v) is 4.71. The summed E-state index contributed by atoms with van der Waals surface area (Å²) in [4.78, 5) is 10.4. The number of benzene rings is 1. The number of aromatic nitrogens is 1. The summed E-state index contributed by atoms with van der Waals surface area (Å²) in [7, 11) is 0. The Bertz CT molecular complexity index is 642. The fourth-order valence-electron chi connectivity index (χ4n) is 2.25. The molecule has 0 spiro atoms. The zero-order valence-electron chi connectivity index (χ0n) is 15.3. The molecule has 0 aliphatic rings. The van der Waals surface area contributed by atoms with Crippen LogP contribution in [0.4, 0.5) is 0 Å². The van der Waals surface area contributed by atoms with Crippen LogP contribution >= 0.6 is 11.3 Å². The van der Waals surface area contributed by atoms with Crippen molar-refractivity contribution >= 4 is 17.3 Å². The Kier molecular flexibility index (Phi) is 8.25. The van der Waals surface area contributed by atoms with Crippen LogP contribution in [0.2, 0.25) is 0 Å². The van der Waals surface area contributed by atoms with E-state index in [-0.39, 0.29) is 6.10 Å². The topological polar surface area (TPSA) is 58.5 Å². The number of hydrogen-bond donors (Lipinski definition) is 2. The molecule has 0 saturated heterocycles. The number of nitrogens with one attached hydrogen (secondary N) is 2. The minimum Gasteiger partial charge on any atom is -0.489 e. The smallest absolute Gasteiger partial charge is 0.191 e. The van der Waals surface area contributed by atoms with Gasteiger partial charge in [-0.05, 0) is 32.4 Å². The number of thiazole rings is 1. The van der Waals surface area contributed by atoms with E-state index in [0.717, 1.165) is 37.6 Å². The van der Waals surface area contributed by atoms with Crippen molar-refractivity contribution in [2.75, 3.05) is 19.6 Å². The fourth-order valence-corrected chi connectivity index (χ4v) is 3.11. The summed E-state index contributed by atoms with van der Waals surface area (Å²) in [5.74, 6) is 1.69. The molecule has 1 atom stereocenters. The predicted octanol–water partition coefficient (Wildman–Crippen LogP) is 3.27. The van der Waals surface area contributed by atoms with E-state index in [4.69, 9.17) is 4.74 Å². The first-order chi connectivity index (χ1) is 12.2. The quantitative estimate of drug-likeness (QED) is 0.532. The molecule has 0 amide bonds.